The molecule has 0 atom stereocenters. The van der Waals surface area contributed by atoms with Gasteiger partial charge in [-0.15, -0.1) is 0 Å². The summed E-state index contributed by atoms with van der Waals surface area (Å²) in [7, 11) is 1.84. The first-order valence-corrected chi connectivity index (χ1v) is 10.5. The Balaban J connectivity index is 1.46. The van der Waals surface area contributed by atoms with Crippen LogP contribution in [-0.2, 0) is 13.1 Å². The molecule has 6 heteroatoms. The minimum Gasteiger partial charge on any atom is -0.354 e. The van der Waals surface area contributed by atoms with Gasteiger partial charge in [-0.1, -0.05) is 43.7 Å². The Hall–Kier alpha value is -2.34. The molecule has 0 amide bonds. The molecule has 1 aromatic heterocycles. The SMILES string of the molecule is CCCCN1CCC(NC(=NC)NCc2nccn2Cc2ccccc2)CC1. The van der Waals surface area contributed by atoms with Gasteiger partial charge in [-0.25, -0.2) is 4.98 Å². The third-order valence-electron chi connectivity index (χ3n) is 5.39. The molecular formula is C22H34N6. The number of likely N-dealkylation sites (tertiary alicyclic amines) is 1. The molecule has 28 heavy (non-hydrogen) atoms. The molecule has 6 nitrogen and oxygen atoms in total. The van der Waals surface area contributed by atoms with Crippen molar-refractivity contribution in [2.24, 2.45) is 4.99 Å². The molecule has 0 radical (unpaired) electrons. The van der Waals surface area contributed by atoms with Crippen molar-refractivity contribution in [3.8, 4) is 0 Å². The van der Waals surface area contributed by atoms with Gasteiger partial charge in [-0.05, 0) is 31.4 Å². The topological polar surface area (TPSA) is 57.5 Å². The number of hydrogen-bond donors (Lipinski definition) is 2. The van der Waals surface area contributed by atoms with Gasteiger partial charge in [0.05, 0.1) is 6.54 Å². The average Bonchev–Trinajstić information content (AvgIpc) is 3.18. The van der Waals surface area contributed by atoms with E-state index in [2.05, 4.69) is 61.3 Å². The maximum atomic E-state index is 4.51. The zero-order valence-corrected chi connectivity index (χ0v) is 17.3. The smallest absolute Gasteiger partial charge is 0.191 e. The number of nitrogens with one attached hydrogen (secondary N) is 2. The molecule has 1 fully saturated rings. The summed E-state index contributed by atoms with van der Waals surface area (Å²) >= 11 is 0. The lowest BCUT2D eigenvalue weighted by Gasteiger charge is -2.33. The number of piperidine rings is 1. The first-order chi connectivity index (χ1) is 13.8. The van der Waals surface area contributed by atoms with Crippen LogP contribution in [0.15, 0.2) is 47.7 Å². The van der Waals surface area contributed by atoms with Gasteiger partial charge in [0.15, 0.2) is 5.96 Å². The summed E-state index contributed by atoms with van der Waals surface area (Å²) in [6.45, 7) is 7.34. The molecule has 2 heterocycles. The third kappa shape index (κ3) is 6.09. The Morgan fingerprint density at radius 1 is 1.21 bits per heavy atom. The molecule has 0 aliphatic carbocycles. The number of imidazole rings is 1. The molecule has 0 saturated carbocycles. The third-order valence-corrected chi connectivity index (χ3v) is 5.39. The number of rotatable bonds is 8. The van der Waals surface area contributed by atoms with Crippen molar-refractivity contribution < 1.29 is 0 Å². The monoisotopic (exact) mass is 382 g/mol. The summed E-state index contributed by atoms with van der Waals surface area (Å²) in [5, 5.41) is 7.02. The molecule has 1 aliphatic rings. The molecule has 3 rings (SSSR count). The van der Waals surface area contributed by atoms with E-state index in [1.165, 1.54) is 50.9 Å². The van der Waals surface area contributed by atoms with Crippen molar-refractivity contribution in [1.29, 1.82) is 0 Å². The zero-order valence-electron chi connectivity index (χ0n) is 17.3. The lowest BCUT2D eigenvalue weighted by Crippen LogP contribution is -2.48. The fourth-order valence-corrected chi connectivity index (χ4v) is 3.66. The van der Waals surface area contributed by atoms with E-state index in [4.69, 9.17) is 0 Å². The van der Waals surface area contributed by atoms with Crippen LogP contribution in [0, 0.1) is 0 Å². The van der Waals surface area contributed by atoms with Crippen molar-refractivity contribution in [1.82, 2.24) is 25.1 Å². The Bertz CT molecular complexity index is 716. The van der Waals surface area contributed by atoms with Gasteiger partial charge in [-0.2, -0.15) is 0 Å². The van der Waals surface area contributed by atoms with Crippen LogP contribution < -0.4 is 10.6 Å². The molecule has 2 N–H and O–H groups in total. The molecule has 1 aromatic carbocycles. The summed E-state index contributed by atoms with van der Waals surface area (Å²) < 4.78 is 2.18. The summed E-state index contributed by atoms with van der Waals surface area (Å²) in [5.74, 6) is 1.88. The number of aromatic nitrogens is 2. The molecule has 0 bridgehead atoms. The molecule has 0 unspecified atom stereocenters. The second-order valence-electron chi connectivity index (χ2n) is 7.50. The van der Waals surface area contributed by atoms with Crippen molar-refractivity contribution in [2.75, 3.05) is 26.7 Å². The van der Waals surface area contributed by atoms with Gasteiger partial charge in [-0.3, -0.25) is 4.99 Å². The van der Waals surface area contributed by atoms with E-state index < -0.39 is 0 Å². The highest BCUT2D eigenvalue weighted by atomic mass is 15.2. The molecular weight excluding hydrogens is 348 g/mol. The van der Waals surface area contributed by atoms with Crippen LogP contribution in [0.25, 0.3) is 0 Å². The van der Waals surface area contributed by atoms with E-state index in [0.29, 0.717) is 12.6 Å². The Morgan fingerprint density at radius 2 is 2.00 bits per heavy atom. The molecule has 1 aliphatic heterocycles. The van der Waals surface area contributed by atoms with Gasteiger partial charge in [0.2, 0.25) is 0 Å². The summed E-state index contributed by atoms with van der Waals surface area (Å²) in [5.41, 5.74) is 1.28. The maximum Gasteiger partial charge on any atom is 0.191 e. The van der Waals surface area contributed by atoms with Crippen LogP contribution in [0.2, 0.25) is 0 Å². The Labute approximate surface area is 169 Å². The van der Waals surface area contributed by atoms with Crippen molar-refractivity contribution >= 4 is 5.96 Å². The zero-order chi connectivity index (χ0) is 19.6. The van der Waals surface area contributed by atoms with E-state index >= 15 is 0 Å². The number of unbranched alkanes of at least 4 members (excludes halogenated alkanes) is 1. The lowest BCUT2D eigenvalue weighted by molar-refractivity contribution is 0.203. The fraction of sp³-hybridized carbons (Fsp3) is 0.545. The normalized spacial score (nSPS) is 16.3. The van der Waals surface area contributed by atoms with Crippen LogP contribution in [0.4, 0.5) is 0 Å². The minimum absolute atomic E-state index is 0.494. The van der Waals surface area contributed by atoms with Crippen LogP contribution in [0.3, 0.4) is 0 Å². The van der Waals surface area contributed by atoms with Crippen LogP contribution >= 0.6 is 0 Å². The summed E-state index contributed by atoms with van der Waals surface area (Å²) in [4.78, 5) is 11.5. The predicted molar refractivity (Wildman–Crippen MR) is 115 cm³/mol. The highest BCUT2D eigenvalue weighted by molar-refractivity contribution is 5.79. The van der Waals surface area contributed by atoms with Crippen LogP contribution in [0.5, 0.6) is 0 Å². The Kier molecular flexibility index (Phi) is 7.91. The molecule has 152 valence electrons. The fourth-order valence-electron chi connectivity index (χ4n) is 3.66. The summed E-state index contributed by atoms with van der Waals surface area (Å²) in [6.07, 6.45) is 8.82. The molecule has 2 aromatic rings. The molecule has 1 saturated heterocycles. The van der Waals surface area contributed by atoms with E-state index in [-0.39, 0.29) is 0 Å². The number of aliphatic imine (C=N–C) groups is 1. The first kappa shape index (κ1) is 20.4. The molecule has 0 spiro atoms. The number of nitrogens with zero attached hydrogens (tertiary/aromatic N) is 4. The second kappa shape index (κ2) is 10.9. The van der Waals surface area contributed by atoms with E-state index in [0.717, 1.165) is 18.3 Å². The Morgan fingerprint density at radius 3 is 2.71 bits per heavy atom. The second-order valence-corrected chi connectivity index (χ2v) is 7.50. The van der Waals surface area contributed by atoms with Gasteiger partial charge < -0.3 is 20.1 Å². The van der Waals surface area contributed by atoms with E-state index in [1.807, 2.05) is 25.5 Å². The minimum atomic E-state index is 0.494. The number of benzene rings is 1. The maximum absolute atomic E-state index is 4.51. The van der Waals surface area contributed by atoms with Gasteiger partial charge in [0.25, 0.3) is 0 Å². The van der Waals surface area contributed by atoms with Crippen LogP contribution in [-0.4, -0.2) is 53.1 Å². The van der Waals surface area contributed by atoms with E-state index in [9.17, 15) is 0 Å². The highest BCUT2D eigenvalue weighted by Crippen LogP contribution is 2.11. The van der Waals surface area contributed by atoms with Crippen molar-refractivity contribution in [2.45, 2.75) is 51.7 Å². The first-order valence-electron chi connectivity index (χ1n) is 10.5. The number of guanidine groups is 1. The highest BCUT2D eigenvalue weighted by Gasteiger charge is 2.19. The largest absolute Gasteiger partial charge is 0.354 e. The lowest BCUT2D eigenvalue weighted by atomic mass is 10.0. The van der Waals surface area contributed by atoms with Gasteiger partial charge in [0, 0.05) is 45.1 Å². The van der Waals surface area contributed by atoms with Crippen molar-refractivity contribution in [3.63, 3.8) is 0 Å². The van der Waals surface area contributed by atoms with Gasteiger partial charge >= 0.3 is 0 Å². The van der Waals surface area contributed by atoms with Crippen LogP contribution in [0.1, 0.15) is 44.0 Å². The number of hydrogen-bond acceptors (Lipinski definition) is 3. The van der Waals surface area contributed by atoms with Crippen molar-refractivity contribution in [3.05, 3.63) is 54.1 Å². The summed E-state index contributed by atoms with van der Waals surface area (Å²) in [6, 6.07) is 11.0. The van der Waals surface area contributed by atoms with Gasteiger partial charge in [0.1, 0.15) is 5.82 Å². The van der Waals surface area contributed by atoms with E-state index in [1.54, 1.807) is 0 Å². The quantitative estimate of drug-likeness (QED) is 0.544. The standard InChI is InChI=1S/C22H34N6/c1-3-4-13-27-14-10-20(11-15-27)26-22(23-2)25-17-21-24-12-16-28(21)18-19-8-6-5-7-9-19/h5-9,12,16,20H,3-4,10-11,13-15,17-18H2,1-2H3,(H2,23,25,26). The average molecular weight is 383 g/mol. The predicted octanol–water partition coefficient (Wildman–Crippen LogP) is 2.86.